The number of hydrogen-bond acceptors (Lipinski definition) is 2. The number of piperidine rings is 1. The molecule has 0 radical (unpaired) electrons. The zero-order valence-corrected chi connectivity index (χ0v) is 6.21. The molecule has 2 aliphatic heterocycles. The predicted octanol–water partition coefficient (Wildman–Crippen LogP) is 0.509. The minimum absolute atomic E-state index is 0.0208. The van der Waals surface area contributed by atoms with Gasteiger partial charge in [0, 0.05) is 6.04 Å². The number of hydrogen-bond donors (Lipinski definition) is 2. The van der Waals surface area contributed by atoms with Gasteiger partial charge in [-0.05, 0) is 38.1 Å². The Kier molecular flexibility index (Phi) is 1.66. The van der Waals surface area contributed by atoms with Crippen LogP contribution in [-0.4, -0.2) is 23.8 Å². The maximum atomic E-state index is 9.43. The smallest absolute Gasteiger partial charge is 0.0558 e. The molecule has 0 aromatic rings. The second-order valence-corrected chi connectivity index (χ2v) is 3.67. The fraction of sp³-hybridized carbons (Fsp3) is 1.00. The van der Waals surface area contributed by atoms with Crippen LogP contribution in [-0.2, 0) is 0 Å². The van der Waals surface area contributed by atoms with Crippen LogP contribution in [0.15, 0.2) is 0 Å². The van der Waals surface area contributed by atoms with E-state index in [4.69, 9.17) is 0 Å². The first kappa shape index (κ1) is 6.62. The molecule has 0 aromatic heterocycles. The summed E-state index contributed by atoms with van der Waals surface area (Å²) in [6.45, 7) is 1.14. The second-order valence-electron chi connectivity index (χ2n) is 3.67. The van der Waals surface area contributed by atoms with Crippen molar-refractivity contribution in [2.45, 2.75) is 37.8 Å². The zero-order valence-electron chi connectivity index (χ0n) is 6.21. The molecule has 2 bridgehead atoms. The van der Waals surface area contributed by atoms with Gasteiger partial charge >= 0.3 is 0 Å². The van der Waals surface area contributed by atoms with Gasteiger partial charge in [0.2, 0.25) is 0 Å². The van der Waals surface area contributed by atoms with Gasteiger partial charge in [0.05, 0.1) is 6.10 Å². The fourth-order valence-corrected chi connectivity index (χ4v) is 2.19. The van der Waals surface area contributed by atoms with E-state index in [1.54, 1.807) is 0 Å². The SMILES string of the molecule is O[C@@H]1C[C@@H]2CC[C@H](C1)NC2. The topological polar surface area (TPSA) is 32.3 Å². The molecule has 2 N–H and O–H groups in total. The molecule has 3 fully saturated rings. The molecule has 2 saturated heterocycles. The monoisotopic (exact) mass is 141 g/mol. The van der Waals surface area contributed by atoms with E-state index < -0.39 is 0 Å². The Hall–Kier alpha value is -0.0800. The number of rotatable bonds is 0. The first-order valence-corrected chi connectivity index (χ1v) is 4.26. The Morgan fingerprint density at radius 2 is 2.10 bits per heavy atom. The minimum Gasteiger partial charge on any atom is -0.393 e. The standard InChI is InChI=1S/C8H15NO/c10-8-3-6-1-2-7(4-8)9-5-6/h6-10H,1-5H2/t6-,7+,8+/m0/s1. The van der Waals surface area contributed by atoms with E-state index in [-0.39, 0.29) is 6.10 Å². The molecular weight excluding hydrogens is 126 g/mol. The van der Waals surface area contributed by atoms with Gasteiger partial charge in [-0.1, -0.05) is 0 Å². The lowest BCUT2D eigenvalue weighted by Gasteiger charge is -2.23. The summed E-state index contributed by atoms with van der Waals surface area (Å²) >= 11 is 0. The summed E-state index contributed by atoms with van der Waals surface area (Å²) in [4.78, 5) is 0. The molecule has 10 heavy (non-hydrogen) atoms. The van der Waals surface area contributed by atoms with Gasteiger partial charge in [-0.3, -0.25) is 0 Å². The van der Waals surface area contributed by atoms with Gasteiger partial charge in [-0.15, -0.1) is 0 Å². The highest BCUT2D eigenvalue weighted by molar-refractivity contribution is 4.86. The summed E-state index contributed by atoms with van der Waals surface area (Å²) in [6.07, 6.45) is 4.60. The van der Waals surface area contributed by atoms with Gasteiger partial charge in [-0.2, -0.15) is 0 Å². The molecule has 2 nitrogen and oxygen atoms in total. The van der Waals surface area contributed by atoms with Crippen molar-refractivity contribution >= 4 is 0 Å². The van der Waals surface area contributed by atoms with Gasteiger partial charge in [0.1, 0.15) is 0 Å². The summed E-state index contributed by atoms with van der Waals surface area (Å²) in [5, 5.41) is 12.9. The van der Waals surface area contributed by atoms with Crippen LogP contribution in [0, 0.1) is 5.92 Å². The van der Waals surface area contributed by atoms with E-state index in [0.717, 1.165) is 25.3 Å². The molecule has 0 aromatic carbocycles. The number of aliphatic hydroxyl groups is 1. The lowest BCUT2D eigenvalue weighted by Crippen LogP contribution is -2.36. The Balaban J connectivity index is 2.05. The fourth-order valence-electron chi connectivity index (χ4n) is 2.19. The summed E-state index contributed by atoms with van der Waals surface area (Å²) < 4.78 is 0. The lowest BCUT2D eigenvalue weighted by atomic mass is 9.97. The molecule has 0 spiro atoms. The summed E-state index contributed by atoms with van der Waals surface area (Å²) in [5.74, 6) is 0.758. The predicted molar refractivity (Wildman–Crippen MR) is 39.8 cm³/mol. The Bertz CT molecular complexity index is 104. The van der Waals surface area contributed by atoms with Gasteiger partial charge < -0.3 is 10.4 Å². The number of nitrogens with one attached hydrogen (secondary N) is 1. The van der Waals surface area contributed by atoms with Gasteiger partial charge in [0.15, 0.2) is 0 Å². The Morgan fingerprint density at radius 3 is 2.80 bits per heavy atom. The van der Waals surface area contributed by atoms with Crippen LogP contribution in [0.1, 0.15) is 25.7 Å². The van der Waals surface area contributed by atoms with E-state index in [1.165, 1.54) is 12.8 Å². The van der Waals surface area contributed by atoms with Crippen molar-refractivity contribution in [1.29, 1.82) is 0 Å². The summed E-state index contributed by atoms with van der Waals surface area (Å²) in [7, 11) is 0. The van der Waals surface area contributed by atoms with Crippen molar-refractivity contribution in [2.75, 3.05) is 6.54 Å². The molecule has 2 heteroatoms. The van der Waals surface area contributed by atoms with Crippen LogP contribution in [0.3, 0.4) is 0 Å². The van der Waals surface area contributed by atoms with Gasteiger partial charge in [-0.25, -0.2) is 0 Å². The quantitative estimate of drug-likeness (QED) is 0.515. The van der Waals surface area contributed by atoms with Crippen LogP contribution >= 0.6 is 0 Å². The molecular formula is C8H15NO. The maximum Gasteiger partial charge on any atom is 0.0558 e. The van der Waals surface area contributed by atoms with Crippen molar-refractivity contribution in [2.24, 2.45) is 5.92 Å². The van der Waals surface area contributed by atoms with Crippen molar-refractivity contribution in [3.05, 3.63) is 0 Å². The average Bonchev–Trinajstić information content (AvgIpc) is 2.17. The van der Waals surface area contributed by atoms with E-state index in [2.05, 4.69) is 5.32 Å². The van der Waals surface area contributed by atoms with Crippen LogP contribution in [0.25, 0.3) is 0 Å². The summed E-state index contributed by atoms with van der Waals surface area (Å²) in [6, 6.07) is 0.619. The number of fused-ring (bicyclic) bond motifs is 4. The highest BCUT2D eigenvalue weighted by atomic mass is 16.3. The van der Waals surface area contributed by atoms with Crippen LogP contribution in [0.4, 0.5) is 0 Å². The van der Waals surface area contributed by atoms with E-state index in [0.29, 0.717) is 6.04 Å². The summed E-state index contributed by atoms with van der Waals surface area (Å²) in [5.41, 5.74) is 0. The molecule has 3 aliphatic rings. The average molecular weight is 141 g/mol. The molecule has 3 rings (SSSR count). The largest absolute Gasteiger partial charge is 0.393 e. The molecule has 0 amide bonds. The minimum atomic E-state index is -0.0208. The Morgan fingerprint density at radius 1 is 1.20 bits per heavy atom. The molecule has 1 aliphatic carbocycles. The molecule has 1 saturated carbocycles. The molecule has 58 valence electrons. The van der Waals surface area contributed by atoms with Crippen molar-refractivity contribution in [1.82, 2.24) is 5.32 Å². The second kappa shape index (κ2) is 2.51. The van der Waals surface area contributed by atoms with E-state index >= 15 is 0 Å². The zero-order chi connectivity index (χ0) is 6.97. The molecule has 0 unspecified atom stereocenters. The van der Waals surface area contributed by atoms with Gasteiger partial charge in [0.25, 0.3) is 0 Å². The molecule has 3 atom stereocenters. The highest BCUT2D eigenvalue weighted by Crippen LogP contribution is 2.27. The van der Waals surface area contributed by atoms with Crippen molar-refractivity contribution in [3.63, 3.8) is 0 Å². The van der Waals surface area contributed by atoms with Crippen LogP contribution in [0.5, 0.6) is 0 Å². The third-order valence-corrected chi connectivity index (χ3v) is 2.78. The third-order valence-electron chi connectivity index (χ3n) is 2.78. The molecule has 2 heterocycles. The Labute approximate surface area is 61.6 Å². The van der Waals surface area contributed by atoms with Crippen molar-refractivity contribution < 1.29 is 5.11 Å². The van der Waals surface area contributed by atoms with Crippen LogP contribution in [0.2, 0.25) is 0 Å². The number of aliphatic hydroxyl groups excluding tert-OH is 1. The van der Waals surface area contributed by atoms with E-state index in [9.17, 15) is 5.11 Å². The lowest BCUT2D eigenvalue weighted by molar-refractivity contribution is 0.148. The normalized spacial score (nSPS) is 47.1. The maximum absolute atomic E-state index is 9.43. The third kappa shape index (κ3) is 1.18. The highest BCUT2D eigenvalue weighted by Gasteiger charge is 2.28. The first-order valence-electron chi connectivity index (χ1n) is 4.26. The first-order chi connectivity index (χ1) is 4.84. The van der Waals surface area contributed by atoms with Crippen molar-refractivity contribution in [3.8, 4) is 0 Å². The van der Waals surface area contributed by atoms with Crippen LogP contribution < -0.4 is 5.32 Å². The van der Waals surface area contributed by atoms with E-state index in [1.807, 2.05) is 0 Å².